The molecule has 1 aliphatic heterocycles. The van der Waals surface area contributed by atoms with Gasteiger partial charge in [0.2, 0.25) is 0 Å². The molecule has 0 radical (unpaired) electrons. The van der Waals surface area contributed by atoms with Crippen LogP contribution in [0.25, 0.3) is 10.8 Å². The number of anilines is 1. The lowest BCUT2D eigenvalue weighted by molar-refractivity contribution is 0.154. The van der Waals surface area contributed by atoms with Gasteiger partial charge in [0.15, 0.2) is 0 Å². The van der Waals surface area contributed by atoms with Gasteiger partial charge < -0.3 is 11.1 Å². The van der Waals surface area contributed by atoms with Crippen molar-refractivity contribution in [2.24, 2.45) is 5.73 Å². The average Bonchev–Trinajstić information content (AvgIpc) is 2.35. The Morgan fingerprint density at radius 1 is 1.37 bits per heavy atom. The Balaban J connectivity index is 1.61. The Morgan fingerprint density at radius 3 is 3.00 bits per heavy atom. The number of nitrogens with one attached hydrogen (secondary N) is 1. The molecule has 0 bridgehead atoms. The Kier molecular flexibility index (Phi) is 3.36. The highest BCUT2D eigenvalue weighted by Gasteiger charge is 2.26. The molecular formula is C15H20N4. The molecule has 19 heavy (non-hydrogen) atoms. The average molecular weight is 256 g/mol. The molecule has 1 fully saturated rings. The molecular weight excluding hydrogens is 236 g/mol. The van der Waals surface area contributed by atoms with E-state index < -0.39 is 0 Å². The molecule has 0 unspecified atom stereocenters. The van der Waals surface area contributed by atoms with Gasteiger partial charge in [-0.05, 0) is 30.5 Å². The SMILES string of the molecule is C[C@H](N)CN1CC(Nc2ccc3cnccc3c2)C1. The van der Waals surface area contributed by atoms with Crippen LogP contribution in [0.3, 0.4) is 0 Å². The third kappa shape index (κ3) is 2.85. The van der Waals surface area contributed by atoms with Crippen molar-refractivity contribution in [3.63, 3.8) is 0 Å². The van der Waals surface area contributed by atoms with Gasteiger partial charge in [0.05, 0.1) is 6.04 Å². The van der Waals surface area contributed by atoms with E-state index in [9.17, 15) is 0 Å². The van der Waals surface area contributed by atoms with Crippen molar-refractivity contribution in [1.82, 2.24) is 9.88 Å². The topological polar surface area (TPSA) is 54.2 Å². The van der Waals surface area contributed by atoms with Gasteiger partial charge >= 0.3 is 0 Å². The van der Waals surface area contributed by atoms with Crippen LogP contribution in [0, 0.1) is 0 Å². The van der Waals surface area contributed by atoms with Gasteiger partial charge in [0.25, 0.3) is 0 Å². The van der Waals surface area contributed by atoms with Crippen molar-refractivity contribution in [3.05, 3.63) is 36.7 Å². The van der Waals surface area contributed by atoms with E-state index in [1.54, 1.807) is 0 Å². The van der Waals surface area contributed by atoms with E-state index in [0.29, 0.717) is 6.04 Å². The summed E-state index contributed by atoms with van der Waals surface area (Å²) in [4.78, 5) is 6.51. The molecule has 1 aliphatic rings. The maximum absolute atomic E-state index is 5.80. The van der Waals surface area contributed by atoms with Gasteiger partial charge in [-0.1, -0.05) is 6.07 Å². The molecule has 0 amide bonds. The highest BCUT2D eigenvalue weighted by Crippen LogP contribution is 2.20. The third-order valence-electron chi connectivity index (χ3n) is 3.51. The maximum Gasteiger partial charge on any atom is 0.0515 e. The number of hydrogen-bond acceptors (Lipinski definition) is 4. The number of hydrogen-bond donors (Lipinski definition) is 2. The van der Waals surface area contributed by atoms with E-state index in [2.05, 4.69) is 40.3 Å². The van der Waals surface area contributed by atoms with Gasteiger partial charge in [-0.15, -0.1) is 0 Å². The molecule has 4 nitrogen and oxygen atoms in total. The van der Waals surface area contributed by atoms with E-state index >= 15 is 0 Å². The van der Waals surface area contributed by atoms with E-state index in [-0.39, 0.29) is 6.04 Å². The highest BCUT2D eigenvalue weighted by molar-refractivity contribution is 5.84. The zero-order valence-electron chi connectivity index (χ0n) is 11.2. The second-order valence-corrected chi connectivity index (χ2v) is 5.47. The van der Waals surface area contributed by atoms with E-state index in [1.807, 2.05) is 18.5 Å². The number of aromatic nitrogens is 1. The van der Waals surface area contributed by atoms with E-state index in [4.69, 9.17) is 5.73 Å². The summed E-state index contributed by atoms with van der Waals surface area (Å²) in [5.74, 6) is 0. The molecule has 0 spiro atoms. The van der Waals surface area contributed by atoms with Crippen LogP contribution in [0.2, 0.25) is 0 Å². The molecule has 1 atom stereocenters. The summed E-state index contributed by atoms with van der Waals surface area (Å²) >= 11 is 0. The third-order valence-corrected chi connectivity index (χ3v) is 3.51. The smallest absolute Gasteiger partial charge is 0.0515 e. The minimum absolute atomic E-state index is 0.258. The first kappa shape index (κ1) is 12.4. The molecule has 0 saturated carbocycles. The van der Waals surface area contributed by atoms with Gasteiger partial charge in [-0.2, -0.15) is 0 Å². The minimum atomic E-state index is 0.258. The number of benzene rings is 1. The summed E-state index contributed by atoms with van der Waals surface area (Å²) in [5, 5.41) is 5.98. The zero-order chi connectivity index (χ0) is 13.2. The lowest BCUT2D eigenvalue weighted by Crippen LogP contribution is -2.57. The first-order chi connectivity index (χ1) is 9.20. The van der Waals surface area contributed by atoms with Crippen molar-refractivity contribution >= 4 is 16.5 Å². The first-order valence-corrected chi connectivity index (χ1v) is 6.79. The predicted octanol–water partition coefficient (Wildman–Crippen LogP) is 1.68. The summed E-state index contributed by atoms with van der Waals surface area (Å²) in [5.41, 5.74) is 6.98. The second kappa shape index (κ2) is 5.15. The van der Waals surface area contributed by atoms with Crippen LogP contribution in [-0.2, 0) is 0 Å². The number of rotatable bonds is 4. The van der Waals surface area contributed by atoms with Gasteiger partial charge in [0.1, 0.15) is 0 Å². The largest absolute Gasteiger partial charge is 0.380 e. The van der Waals surface area contributed by atoms with Crippen molar-refractivity contribution in [3.8, 4) is 0 Å². The summed E-state index contributed by atoms with van der Waals surface area (Å²) in [6.07, 6.45) is 3.73. The lowest BCUT2D eigenvalue weighted by atomic mass is 10.1. The van der Waals surface area contributed by atoms with Crippen LogP contribution in [0.1, 0.15) is 6.92 Å². The summed E-state index contributed by atoms with van der Waals surface area (Å²) in [6.45, 7) is 5.20. The fraction of sp³-hybridized carbons (Fsp3) is 0.400. The molecule has 1 aromatic carbocycles. The maximum atomic E-state index is 5.80. The van der Waals surface area contributed by atoms with Crippen molar-refractivity contribution in [2.75, 3.05) is 25.0 Å². The summed E-state index contributed by atoms with van der Waals surface area (Å²) < 4.78 is 0. The van der Waals surface area contributed by atoms with Gasteiger partial charge in [-0.3, -0.25) is 9.88 Å². The fourth-order valence-electron chi connectivity index (χ4n) is 2.63. The van der Waals surface area contributed by atoms with Crippen LogP contribution >= 0.6 is 0 Å². The number of pyridine rings is 1. The van der Waals surface area contributed by atoms with Crippen LogP contribution in [0.4, 0.5) is 5.69 Å². The van der Waals surface area contributed by atoms with Crippen LogP contribution in [0.15, 0.2) is 36.7 Å². The molecule has 100 valence electrons. The molecule has 1 aromatic heterocycles. The standard InChI is InChI=1S/C15H20N4/c1-11(16)8-19-9-15(10-19)18-14-3-2-13-7-17-5-4-12(13)6-14/h2-7,11,15,18H,8-10,16H2,1H3/t11-/m0/s1. The van der Waals surface area contributed by atoms with Crippen LogP contribution in [0.5, 0.6) is 0 Å². The predicted molar refractivity (Wildman–Crippen MR) is 79.2 cm³/mol. The Hall–Kier alpha value is -1.65. The highest BCUT2D eigenvalue weighted by atomic mass is 15.2. The van der Waals surface area contributed by atoms with E-state index in [0.717, 1.165) is 19.6 Å². The van der Waals surface area contributed by atoms with Crippen molar-refractivity contribution in [1.29, 1.82) is 0 Å². The van der Waals surface area contributed by atoms with Crippen LogP contribution in [-0.4, -0.2) is 41.6 Å². The minimum Gasteiger partial charge on any atom is -0.380 e. The molecule has 3 N–H and O–H groups in total. The van der Waals surface area contributed by atoms with Crippen LogP contribution < -0.4 is 11.1 Å². The van der Waals surface area contributed by atoms with E-state index in [1.165, 1.54) is 16.5 Å². The fourth-order valence-corrected chi connectivity index (χ4v) is 2.63. The Bertz CT molecular complexity index is 561. The summed E-state index contributed by atoms with van der Waals surface area (Å²) in [6, 6.07) is 9.27. The Labute approximate surface area is 113 Å². The second-order valence-electron chi connectivity index (χ2n) is 5.47. The molecule has 2 aromatic rings. The van der Waals surface area contributed by atoms with Crippen molar-refractivity contribution in [2.45, 2.75) is 19.0 Å². The lowest BCUT2D eigenvalue weighted by Gasteiger charge is -2.41. The van der Waals surface area contributed by atoms with Gasteiger partial charge in [0, 0.05) is 49.1 Å². The first-order valence-electron chi connectivity index (χ1n) is 6.79. The number of nitrogens with two attached hydrogens (primary N) is 1. The Morgan fingerprint density at radius 2 is 2.21 bits per heavy atom. The number of fused-ring (bicyclic) bond motifs is 1. The normalized spacial score (nSPS) is 18.2. The number of likely N-dealkylation sites (tertiary alicyclic amines) is 1. The molecule has 0 aliphatic carbocycles. The summed E-state index contributed by atoms with van der Waals surface area (Å²) in [7, 11) is 0. The quantitative estimate of drug-likeness (QED) is 0.874. The van der Waals surface area contributed by atoms with Gasteiger partial charge in [-0.25, -0.2) is 0 Å². The molecule has 1 saturated heterocycles. The monoisotopic (exact) mass is 256 g/mol. The molecule has 3 rings (SSSR count). The molecule has 4 heteroatoms. The number of nitrogens with zero attached hydrogens (tertiary/aromatic N) is 2. The van der Waals surface area contributed by atoms with Crippen molar-refractivity contribution < 1.29 is 0 Å². The zero-order valence-corrected chi connectivity index (χ0v) is 11.2. The molecule has 2 heterocycles.